The Labute approximate surface area is 97.0 Å². The highest BCUT2D eigenvalue weighted by Gasteiger charge is 2.09. The zero-order valence-electron chi connectivity index (χ0n) is 9.15. The van der Waals surface area contributed by atoms with Crippen LogP contribution in [0.5, 0.6) is 0 Å². The van der Waals surface area contributed by atoms with E-state index in [1.807, 2.05) is 0 Å². The largest absolute Gasteiger partial charge is 0.480 e. The summed E-state index contributed by atoms with van der Waals surface area (Å²) in [6.07, 6.45) is 0.956. The van der Waals surface area contributed by atoms with E-state index in [1.165, 1.54) is 0 Å². The summed E-state index contributed by atoms with van der Waals surface area (Å²) in [6, 6.07) is -0.820. The number of nitrogens with two attached hydrogens (primary N) is 3. The van der Waals surface area contributed by atoms with Crippen LogP contribution >= 0.6 is 0 Å². The average Bonchev–Trinajstić information content (AvgIpc) is 2.10. The normalized spacial score (nSPS) is 9.94. The lowest BCUT2D eigenvalue weighted by Gasteiger charge is -2.03. The fourth-order valence-corrected chi connectivity index (χ4v) is 0.643. The maximum atomic E-state index is 10.2. The summed E-state index contributed by atoms with van der Waals surface area (Å²) < 4.78 is 0. The van der Waals surface area contributed by atoms with Gasteiger partial charge in [0.05, 0.1) is 0 Å². The van der Waals surface area contributed by atoms with Crippen molar-refractivity contribution in [3.05, 3.63) is 10.1 Å². The first kappa shape index (κ1) is 20.3. The smallest absolute Gasteiger partial charge is 0.320 e. The lowest BCUT2D eigenvalue weighted by Crippen LogP contribution is -2.30. The molecule has 0 saturated heterocycles. The van der Waals surface area contributed by atoms with Crippen molar-refractivity contribution in [2.75, 3.05) is 6.54 Å². The van der Waals surface area contributed by atoms with Crippen LogP contribution in [0.1, 0.15) is 12.8 Å². The quantitative estimate of drug-likeness (QED) is 0.107. The fourth-order valence-electron chi connectivity index (χ4n) is 0.643. The summed E-state index contributed by atoms with van der Waals surface area (Å²) in [5.74, 6) is -0.987. The van der Waals surface area contributed by atoms with Gasteiger partial charge in [-0.1, -0.05) is 0 Å². The Balaban J connectivity index is -0.000000340. The predicted molar refractivity (Wildman–Crippen MR) is 59.3 cm³/mol. The molecule has 0 fully saturated rings. The topological polar surface area (TPSA) is 226 Å². The van der Waals surface area contributed by atoms with Crippen LogP contribution in [0.3, 0.4) is 0 Å². The third-order valence-electron chi connectivity index (χ3n) is 1.28. The van der Waals surface area contributed by atoms with Crippen LogP contribution in [0.25, 0.3) is 0 Å². The number of hydrogen-bond acceptors (Lipinski definition) is 6. The molecule has 0 bridgehead atoms. The SMILES string of the molecule is N.NC(N)=NCCCC(N)C(=O)O.O=[N+]([O-])O. The molecule has 1 unspecified atom stereocenters. The van der Waals surface area contributed by atoms with E-state index in [0.717, 1.165) is 0 Å². The highest BCUT2D eigenvalue weighted by Crippen LogP contribution is 1.94. The zero-order chi connectivity index (χ0) is 13.1. The van der Waals surface area contributed by atoms with Crippen molar-refractivity contribution in [2.45, 2.75) is 18.9 Å². The third kappa shape index (κ3) is 24.8. The average molecular weight is 254 g/mol. The number of hydrogen-bond donors (Lipinski definition) is 6. The molecule has 0 heterocycles. The van der Waals surface area contributed by atoms with Gasteiger partial charge in [-0.25, -0.2) is 0 Å². The number of aliphatic imine (C=N–C) groups is 1. The van der Waals surface area contributed by atoms with Crippen molar-refractivity contribution < 1.29 is 20.2 Å². The van der Waals surface area contributed by atoms with Crippen LogP contribution in [-0.4, -0.2) is 39.9 Å². The molecule has 0 aliphatic carbocycles. The molecule has 11 N–H and O–H groups in total. The number of rotatable bonds is 5. The van der Waals surface area contributed by atoms with Gasteiger partial charge in [0.15, 0.2) is 5.96 Å². The first-order chi connectivity index (χ1) is 7.27. The number of carboxylic acids is 1. The molecule has 11 nitrogen and oxygen atoms in total. The minimum Gasteiger partial charge on any atom is -0.480 e. The first-order valence-corrected chi connectivity index (χ1v) is 4.14. The second-order valence-corrected chi connectivity index (χ2v) is 2.63. The van der Waals surface area contributed by atoms with Crippen LogP contribution in [0, 0.1) is 10.1 Å². The van der Waals surface area contributed by atoms with Gasteiger partial charge in [0, 0.05) is 6.54 Å². The minimum absolute atomic E-state index is 0. The molecule has 17 heavy (non-hydrogen) atoms. The van der Waals surface area contributed by atoms with E-state index in [0.29, 0.717) is 19.4 Å². The molecule has 0 aromatic heterocycles. The first-order valence-electron chi connectivity index (χ1n) is 4.14. The molecule has 0 saturated carbocycles. The minimum atomic E-state index is -1.50. The molecule has 0 amide bonds. The summed E-state index contributed by atoms with van der Waals surface area (Å²) in [4.78, 5) is 22.3. The Morgan fingerprint density at radius 3 is 2.18 bits per heavy atom. The van der Waals surface area contributed by atoms with E-state index in [1.54, 1.807) is 0 Å². The van der Waals surface area contributed by atoms with E-state index in [9.17, 15) is 4.79 Å². The van der Waals surface area contributed by atoms with Gasteiger partial charge in [-0.2, -0.15) is 0 Å². The van der Waals surface area contributed by atoms with Crippen molar-refractivity contribution >= 4 is 11.9 Å². The summed E-state index contributed by atoms with van der Waals surface area (Å²) in [6.45, 7) is 0.420. The molecule has 0 aliphatic rings. The van der Waals surface area contributed by atoms with Crippen molar-refractivity contribution in [1.29, 1.82) is 0 Å². The molecule has 1 atom stereocenters. The molecular weight excluding hydrogens is 236 g/mol. The number of carboxylic acid groups (broad SMARTS) is 1. The highest BCUT2D eigenvalue weighted by atomic mass is 16.9. The van der Waals surface area contributed by atoms with E-state index in [4.69, 9.17) is 37.6 Å². The van der Waals surface area contributed by atoms with Crippen molar-refractivity contribution in [3.63, 3.8) is 0 Å². The van der Waals surface area contributed by atoms with Crippen LogP contribution in [0.2, 0.25) is 0 Å². The fraction of sp³-hybridized carbons (Fsp3) is 0.667. The van der Waals surface area contributed by atoms with Gasteiger partial charge in [-0.05, 0) is 12.8 Å². The van der Waals surface area contributed by atoms with Gasteiger partial charge in [-0.15, -0.1) is 10.1 Å². The molecule has 102 valence electrons. The van der Waals surface area contributed by atoms with Gasteiger partial charge in [0.25, 0.3) is 5.09 Å². The Bertz CT molecular complexity index is 249. The monoisotopic (exact) mass is 254 g/mol. The Morgan fingerprint density at radius 1 is 1.47 bits per heavy atom. The highest BCUT2D eigenvalue weighted by molar-refractivity contribution is 5.75. The molecule has 0 aromatic carbocycles. The van der Waals surface area contributed by atoms with Crippen LogP contribution < -0.4 is 23.4 Å². The molecule has 0 radical (unpaired) electrons. The predicted octanol–water partition coefficient (Wildman–Crippen LogP) is -1.73. The lowest BCUT2D eigenvalue weighted by atomic mass is 10.2. The van der Waals surface area contributed by atoms with Crippen molar-refractivity contribution in [2.24, 2.45) is 22.2 Å². The standard InChI is InChI=1S/C6H14N4O2.HNO3.H3N/c7-4(5(11)12)2-1-3-10-6(8)9;2-1(3)4;/h4H,1-3,7H2,(H,11,12)(H4,8,9,10);(H,2,3,4);1H3. The van der Waals surface area contributed by atoms with E-state index < -0.39 is 17.1 Å². The van der Waals surface area contributed by atoms with Crippen LogP contribution in [0.15, 0.2) is 4.99 Å². The summed E-state index contributed by atoms with van der Waals surface area (Å²) in [5.41, 5.74) is 15.3. The summed E-state index contributed by atoms with van der Waals surface area (Å²) >= 11 is 0. The van der Waals surface area contributed by atoms with Crippen LogP contribution in [-0.2, 0) is 4.79 Å². The van der Waals surface area contributed by atoms with Gasteiger partial charge in [0.1, 0.15) is 6.04 Å². The Hall–Kier alpha value is -2.14. The molecule has 0 rings (SSSR count). The van der Waals surface area contributed by atoms with Crippen LogP contribution in [0.4, 0.5) is 0 Å². The summed E-state index contributed by atoms with van der Waals surface area (Å²) in [7, 11) is 0. The molecule has 0 aromatic rings. The number of nitrogens with zero attached hydrogens (tertiary/aromatic N) is 2. The van der Waals surface area contributed by atoms with Gasteiger partial charge < -0.3 is 33.7 Å². The zero-order valence-corrected chi connectivity index (χ0v) is 9.15. The molecular formula is C6H18N6O5. The van der Waals surface area contributed by atoms with Gasteiger partial charge in [-0.3, -0.25) is 9.79 Å². The molecule has 11 heteroatoms. The maximum Gasteiger partial charge on any atom is 0.320 e. The second-order valence-electron chi connectivity index (χ2n) is 2.63. The second kappa shape index (κ2) is 11.9. The summed E-state index contributed by atoms with van der Waals surface area (Å²) in [5, 5.41) is 22.0. The number of aliphatic carboxylic acids is 1. The third-order valence-corrected chi connectivity index (χ3v) is 1.28. The van der Waals surface area contributed by atoms with Crippen molar-refractivity contribution in [3.8, 4) is 0 Å². The number of carbonyl (C=O) groups is 1. The molecule has 0 spiro atoms. The Morgan fingerprint density at radius 2 is 1.88 bits per heavy atom. The van der Waals surface area contributed by atoms with Gasteiger partial charge >= 0.3 is 5.97 Å². The van der Waals surface area contributed by atoms with E-state index in [-0.39, 0.29) is 12.1 Å². The maximum absolute atomic E-state index is 10.2. The number of guanidine groups is 1. The Kier molecular flexibility index (Phi) is 14.2. The van der Waals surface area contributed by atoms with Gasteiger partial charge in [0.2, 0.25) is 0 Å². The molecule has 0 aliphatic heterocycles. The van der Waals surface area contributed by atoms with E-state index in [2.05, 4.69) is 4.99 Å². The van der Waals surface area contributed by atoms with E-state index >= 15 is 0 Å². The lowest BCUT2D eigenvalue weighted by molar-refractivity contribution is -0.742. The van der Waals surface area contributed by atoms with Crippen molar-refractivity contribution in [1.82, 2.24) is 6.15 Å².